The summed E-state index contributed by atoms with van der Waals surface area (Å²) in [4.78, 5) is 0. The Bertz CT molecular complexity index is 646. The fourth-order valence-corrected chi connectivity index (χ4v) is 2.42. The number of benzene rings is 2. The van der Waals surface area contributed by atoms with Crippen LogP contribution < -0.4 is 15.4 Å². The van der Waals surface area contributed by atoms with E-state index >= 15 is 0 Å². The molecular formula is C16H17IN2OS. The lowest BCUT2D eigenvalue weighted by molar-refractivity contribution is 0.342. The van der Waals surface area contributed by atoms with Gasteiger partial charge < -0.3 is 15.4 Å². The number of aryl methyl sites for hydroxylation is 1. The predicted octanol–water partition coefficient (Wildman–Crippen LogP) is 4.81. The molecule has 0 unspecified atom stereocenters. The predicted molar refractivity (Wildman–Crippen MR) is 101 cm³/mol. The SMILES string of the molecule is CCOc1ccccc1NC(=S)Nc1ccc(I)c(C)c1. The van der Waals surface area contributed by atoms with Crippen molar-refractivity contribution in [2.45, 2.75) is 13.8 Å². The fraction of sp³-hybridized carbons (Fsp3) is 0.188. The van der Waals surface area contributed by atoms with Gasteiger partial charge in [-0.2, -0.15) is 0 Å². The molecule has 0 amide bonds. The van der Waals surface area contributed by atoms with Gasteiger partial charge in [-0.15, -0.1) is 0 Å². The van der Waals surface area contributed by atoms with E-state index in [1.54, 1.807) is 0 Å². The Morgan fingerprint density at radius 1 is 1.19 bits per heavy atom. The van der Waals surface area contributed by atoms with Crippen LogP contribution in [0.5, 0.6) is 5.75 Å². The molecule has 2 N–H and O–H groups in total. The maximum atomic E-state index is 5.57. The second kappa shape index (κ2) is 7.61. The van der Waals surface area contributed by atoms with Gasteiger partial charge in [-0.25, -0.2) is 0 Å². The molecule has 0 saturated heterocycles. The van der Waals surface area contributed by atoms with Crippen LogP contribution in [0, 0.1) is 10.5 Å². The van der Waals surface area contributed by atoms with Crippen LogP contribution in [-0.4, -0.2) is 11.7 Å². The first kappa shape index (κ1) is 16.0. The maximum Gasteiger partial charge on any atom is 0.175 e. The van der Waals surface area contributed by atoms with Crippen LogP contribution in [0.3, 0.4) is 0 Å². The van der Waals surface area contributed by atoms with Crippen molar-refractivity contribution in [3.8, 4) is 5.75 Å². The molecular weight excluding hydrogens is 395 g/mol. The van der Waals surface area contributed by atoms with E-state index in [-0.39, 0.29) is 0 Å². The van der Waals surface area contributed by atoms with E-state index < -0.39 is 0 Å². The molecule has 0 spiro atoms. The zero-order chi connectivity index (χ0) is 15.2. The van der Waals surface area contributed by atoms with Gasteiger partial charge in [-0.3, -0.25) is 0 Å². The summed E-state index contributed by atoms with van der Waals surface area (Å²) in [7, 11) is 0. The summed E-state index contributed by atoms with van der Waals surface area (Å²) >= 11 is 7.67. The lowest BCUT2D eigenvalue weighted by Gasteiger charge is -2.14. The van der Waals surface area contributed by atoms with E-state index in [0.29, 0.717) is 11.7 Å². The molecule has 5 heteroatoms. The summed E-state index contributed by atoms with van der Waals surface area (Å²) in [5.74, 6) is 0.794. The minimum atomic E-state index is 0.544. The van der Waals surface area contributed by atoms with E-state index in [1.165, 1.54) is 9.13 Å². The molecule has 2 aromatic carbocycles. The van der Waals surface area contributed by atoms with Crippen molar-refractivity contribution in [2.24, 2.45) is 0 Å². The third-order valence-electron chi connectivity index (χ3n) is 2.85. The first-order valence-electron chi connectivity index (χ1n) is 6.66. The Morgan fingerprint density at radius 2 is 1.95 bits per heavy atom. The quantitative estimate of drug-likeness (QED) is 0.558. The van der Waals surface area contributed by atoms with Gasteiger partial charge in [-0.05, 0) is 84.6 Å². The third-order valence-corrected chi connectivity index (χ3v) is 4.27. The van der Waals surface area contributed by atoms with Crippen LogP contribution in [0.25, 0.3) is 0 Å². The molecule has 0 aliphatic rings. The highest BCUT2D eigenvalue weighted by Crippen LogP contribution is 2.24. The Labute approximate surface area is 144 Å². The average molecular weight is 412 g/mol. The van der Waals surface area contributed by atoms with E-state index in [9.17, 15) is 0 Å². The third kappa shape index (κ3) is 4.57. The fourth-order valence-electron chi connectivity index (χ4n) is 1.86. The zero-order valence-electron chi connectivity index (χ0n) is 11.9. The van der Waals surface area contributed by atoms with E-state index in [4.69, 9.17) is 17.0 Å². The number of para-hydroxylation sites is 2. The molecule has 2 rings (SSSR count). The van der Waals surface area contributed by atoms with Gasteiger partial charge in [0.05, 0.1) is 12.3 Å². The second-order valence-electron chi connectivity index (χ2n) is 4.47. The van der Waals surface area contributed by atoms with E-state index in [0.717, 1.165) is 17.1 Å². The number of nitrogens with one attached hydrogen (secondary N) is 2. The molecule has 0 aromatic heterocycles. The molecule has 2 aromatic rings. The standard InChI is InChI=1S/C16H17IN2OS/c1-3-20-15-7-5-4-6-14(15)19-16(21)18-12-8-9-13(17)11(2)10-12/h4-10H,3H2,1-2H3,(H2,18,19,21). The molecule has 110 valence electrons. The number of anilines is 2. The van der Waals surface area contributed by atoms with Crippen LogP contribution in [0.4, 0.5) is 11.4 Å². The molecule has 0 bridgehead atoms. The molecule has 0 atom stereocenters. The summed E-state index contributed by atoms with van der Waals surface area (Å²) in [5, 5.41) is 6.90. The average Bonchev–Trinajstić information content (AvgIpc) is 2.45. The zero-order valence-corrected chi connectivity index (χ0v) is 14.9. The minimum absolute atomic E-state index is 0.544. The molecule has 0 aliphatic carbocycles. The van der Waals surface area contributed by atoms with Crippen molar-refractivity contribution in [3.63, 3.8) is 0 Å². The Hall–Kier alpha value is -1.34. The van der Waals surface area contributed by atoms with Gasteiger partial charge in [0.2, 0.25) is 0 Å². The van der Waals surface area contributed by atoms with Crippen LogP contribution in [-0.2, 0) is 0 Å². The highest BCUT2D eigenvalue weighted by atomic mass is 127. The Kier molecular flexibility index (Phi) is 5.81. The summed E-state index contributed by atoms with van der Waals surface area (Å²) < 4.78 is 6.81. The monoisotopic (exact) mass is 412 g/mol. The molecule has 0 radical (unpaired) electrons. The molecule has 0 heterocycles. The van der Waals surface area contributed by atoms with Crippen LogP contribution in [0.2, 0.25) is 0 Å². The van der Waals surface area contributed by atoms with Gasteiger partial charge >= 0.3 is 0 Å². The van der Waals surface area contributed by atoms with Crippen molar-refractivity contribution in [1.82, 2.24) is 0 Å². The van der Waals surface area contributed by atoms with Gasteiger partial charge in [-0.1, -0.05) is 12.1 Å². The van der Waals surface area contributed by atoms with Crippen molar-refractivity contribution in [2.75, 3.05) is 17.2 Å². The van der Waals surface area contributed by atoms with E-state index in [1.807, 2.05) is 37.3 Å². The first-order chi connectivity index (χ1) is 10.1. The molecule has 21 heavy (non-hydrogen) atoms. The Balaban J connectivity index is 2.06. The van der Waals surface area contributed by atoms with Gasteiger partial charge in [0.1, 0.15) is 5.75 Å². The highest BCUT2D eigenvalue weighted by Gasteiger charge is 2.05. The number of thiocarbonyl (C=S) groups is 1. The Morgan fingerprint density at radius 3 is 2.67 bits per heavy atom. The van der Waals surface area contributed by atoms with Crippen molar-refractivity contribution in [3.05, 3.63) is 51.6 Å². The number of ether oxygens (including phenoxy) is 1. The van der Waals surface area contributed by atoms with Crippen LogP contribution in [0.1, 0.15) is 12.5 Å². The first-order valence-corrected chi connectivity index (χ1v) is 8.15. The lowest BCUT2D eigenvalue weighted by Crippen LogP contribution is -2.19. The summed E-state index contributed by atoms with van der Waals surface area (Å²) in [6.45, 7) is 4.66. The smallest absolute Gasteiger partial charge is 0.175 e. The van der Waals surface area contributed by atoms with E-state index in [2.05, 4.69) is 52.3 Å². The number of hydrogen-bond acceptors (Lipinski definition) is 2. The van der Waals surface area contributed by atoms with Gasteiger partial charge in [0, 0.05) is 9.26 Å². The van der Waals surface area contributed by atoms with Crippen molar-refractivity contribution >= 4 is 51.3 Å². The van der Waals surface area contributed by atoms with Crippen LogP contribution >= 0.6 is 34.8 Å². The summed E-state index contributed by atoms with van der Waals surface area (Å²) in [5.41, 5.74) is 3.05. The van der Waals surface area contributed by atoms with Gasteiger partial charge in [0.25, 0.3) is 0 Å². The largest absolute Gasteiger partial charge is 0.492 e. The molecule has 0 aliphatic heterocycles. The summed E-state index contributed by atoms with van der Waals surface area (Å²) in [6, 6.07) is 13.9. The lowest BCUT2D eigenvalue weighted by atomic mass is 10.2. The molecule has 0 saturated carbocycles. The number of halogens is 1. The normalized spacial score (nSPS) is 10.0. The topological polar surface area (TPSA) is 33.3 Å². The van der Waals surface area contributed by atoms with Crippen LogP contribution in [0.15, 0.2) is 42.5 Å². The minimum Gasteiger partial charge on any atom is -0.492 e. The molecule has 0 fully saturated rings. The van der Waals surface area contributed by atoms with Gasteiger partial charge in [0.15, 0.2) is 5.11 Å². The highest BCUT2D eigenvalue weighted by molar-refractivity contribution is 14.1. The number of rotatable bonds is 4. The second-order valence-corrected chi connectivity index (χ2v) is 6.04. The maximum absolute atomic E-state index is 5.57. The molecule has 3 nitrogen and oxygen atoms in total. The summed E-state index contributed by atoms with van der Waals surface area (Å²) in [6.07, 6.45) is 0. The van der Waals surface area contributed by atoms with Crippen molar-refractivity contribution in [1.29, 1.82) is 0 Å². The van der Waals surface area contributed by atoms with Crippen molar-refractivity contribution < 1.29 is 4.74 Å². The number of hydrogen-bond donors (Lipinski definition) is 2.